The first-order chi connectivity index (χ1) is 16.8. The van der Waals surface area contributed by atoms with Gasteiger partial charge in [-0.05, 0) is 37.0 Å². The SMILES string of the molecule is CC(=O)N1CCN(C2CCC3NCN(CC(=O)N(C)Cc4ccc(Cl)c(C#N)c4)C(=O)C3C2)CC1. The summed E-state index contributed by atoms with van der Waals surface area (Å²) in [5, 5.41) is 13.0. The maximum absolute atomic E-state index is 13.4. The second-order valence-electron chi connectivity index (χ2n) is 9.80. The summed E-state index contributed by atoms with van der Waals surface area (Å²) in [7, 11) is 1.70. The van der Waals surface area contributed by atoms with E-state index in [1.807, 2.05) is 4.90 Å². The van der Waals surface area contributed by atoms with Gasteiger partial charge in [0.05, 0.1) is 23.2 Å². The first-order valence-electron chi connectivity index (χ1n) is 12.2. The molecule has 3 aliphatic rings. The molecule has 0 bridgehead atoms. The quantitative estimate of drug-likeness (QED) is 0.653. The molecule has 3 atom stereocenters. The van der Waals surface area contributed by atoms with Crippen LogP contribution in [0.15, 0.2) is 18.2 Å². The Balaban J connectivity index is 1.32. The Morgan fingerprint density at radius 3 is 2.66 bits per heavy atom. The van der Waals surface area contributed by atoms with Crippen LogP contribution in [0.1, 0.15) is 37.3 Å². The van der Waals surface area contributed by atoms with E-state index in [-0.39, 0.29) is 36.2 Å². The third-order valence-corrected chi connectivity index (χ3v) is 7.92. The van der Waals surface area contributed by atoms with Gasteiger partial charge in [0.1, 0.15) is 12.6 Å². The van der Waals surface area contributed by atoms with E-state index in [0.29, 0.717) is 29.8 Å². The highest BCUT2D eigenvalue weighted by molar-refractivity contribution is 6.31. The summed E-state index contributed by atoms with van der Waals surface area (Å²) < 4.78 is 0. The highest BCUT2D eigenvalue weighted by Gasteiger charge is 2.42. The molecule has 1 aliphatic carbocycles. The predicted molar refractivity (Wildman–Crippen MR) is 131 cm³/mol. The summed E-state index contributed by atoms with van der Waals surface area (Å²) in [5.41, 5.74) is 1.19. The molecule has 2 saturated heterocycles. The van der Waals surface area contributed by atoms with Crippen molar-refractivity contribution in [2.75, 3.05) is 46.4 Å². The summed E-state index contributed by atoms with van der Waals surface area (Å²) in [5.74, 6) is -0.131. The topological polar surface area (TPSA) is 100.0 Å². The highest BCUT2D eigenvalue weighted by atomic mass is 35.5. The first kappa shape index (κ1) is 25.4. The van der Waals surface area contributed by atoms with Gasteiger partial charge in [-0.2, -0.15) is 5.26 Å². The fraction of sp³-hybridized carbons (Fsp3) is 0.600. The third-order valence-electron chi connectivity index (χ3n) is 7.59. The van der Waals surface area contributed by atoms with Crippen LogP contribution in [-0.2, 0) is 20.9 Å². The fourth-order valence-electron chi connectivity index (χ4n) is 5.48. The Bertz CT molecular complexity index is 1020. The van der Waals surface area contributed by atoms with Crippen LogP contribution >= 0.6 is 11.6 Å². The predicted octanol–water partition coefficient (Wildman–Crippen LogP) is 1.26. The van der Waals surface area contributed by atoms with E-state index in [2.05, 4.69) is 16.3 Å². The molecule has 3 amide bonds. The number of fused-ring (bicyclic) bond motifs is 1. The number of nitrogens with zero attached hydrogens (tertiary/aromatic N) is 5. The Labute approximate surface area is 211 Å². The number of likely N-dealkylation sites (N-methyl/N-ethyl adjacent to an activating group) is 1. The van der Waals surface area contributed by atoms with Crippen molar-refractivity contribution in [2.24, 2.45) is 5.92 Å². The van der Waals surface area contributed by atoms with Gasteiger partial charge in [0.25, 0.3) is 0 Å². The van der Waals surface area contributed by atoms with Gasteiger partial charge in [-0.25, -0.2) is 0 Å². The fourth-order valence-corrected chi connectivity index (χ4v) is 5.64. The zero-order chi connectivity index (χ0) is 25.1. The molecule has 35 heavy (non-hydrogen) atoms. The number of carbonyl (C=O) groups is 3. The van der Waals surface area contributed by atoms with Crippen LogP contribution in [0, 0.1) is 17.2 Å². The number of nitriles is 1. The largest absolute Gasteiger partial charge is 0.340 e. The van der Waals surface area contributed by atoms with E-state index in [4.69, 9.17) is 11.6 Å². The molecule has 3 unspecified atom stereocenters. The number of hydrogen-bond acceptors (Lipinski definition) is 6. The summed E-state index contributed by atoms with van der Waals surface area (Å²) in [4.78, 5) is 45.4. The van der Waals surface area contributed by atoms with Crippen LogP contribution in [0.3, 0.4) is 0 Å². The van der Waals surface area contributed by atoms with Gasteiger partial charge in [0, 0.05) is 58.8 Å². The number of carbonyl (C=O) groups excluding carboxylic acids is 3. The second-order valence-corrected chi connectivity index (χ2v) is 10.2. The normalized spacial score (nSPS) is 25.1. The van der Waals surface area contributed by atoms with E-state index in [1.165, 1.54) is 0 Å². The van der Waals surface area contributed by atoms with Crippen LogP contribution in [0.5, 0.6) is 0 Å². The first-order valence-corrected chi connectivity index (χ1v) is 12.6. The summed E-state index contributed by atoms with van der Waals surface area (Å²) in [6.45, 7) is 5.50. The highest BCUT2D eigenvalue weighted by Crippen LogP contribution is 2.32. The molecular formula is C25H33ClN6O3. The molecule has 9 nitrogen and oxygen atoms in total. The van der Waals surface area contributed by atoms with Crippen molar-refractivity contribution in [3.05, 3.63) is 34.3 Å². The number of piperazine rings is 1. The minimum atomic E-state index is -0.153. The van der Waals surface area contributed by atoms with Crippen molar-refractivity contribution in [2.45, 2.75) is 44.8 Å². The maximum Gasteiger partial charge on any atom is 0.242 e. The summed E-state index contributed by atoms with van der Waals surface area (Å²) in [6, 6.07) is 7.67. The molecule has 10 heteroatoms. The standard InChI is InChI=1S/C25H33ClN6O3/c1-17(33)30-7-9-31(10-8-30)20-4-6-23-21(12-20)25(35)32(16-28-23)15-24(34)29(2)14-18-3-5-22(26)19(11-18)13-27/h3,5,11,20-21,23,28H,4,6-10,12,14-16H2,1-2H3. The van der Waals surface area contributed by atoms with Gasteiger partial charge in [-0.1, -0.05) is 17.7 Å². The molecule has 2 heterocycles. The monoisotopic (exact) mass is 500 g/mol. The van der Waals surface area contributed by atoms with Gasteiger partial charge >= 0.3 is 0 Å². The van der Waals surface area contributed by atoms with E-state index in [9.17, 15) is 19.6 Å². The molecule has 1 N–H and O–H groups in total. The lowest BCUT2D eigenvalue weighted by Crippen LogP contribution is -2.62. The van der Waals surface area contributed by atoms with Crippen LogP contribution in [0.25, 0.3) is 0 Å². The molecule has 0 radical (unpaired) electrons. The molecule has 1 saturated carbocycles. The van der Waals surface area contributed by atoms with Crippen molar-refractivity contribution >= 4 is 29.3 Å². The number of hydrogen-bond donors (Lipinski definition) is 1. The summed E-state index contributed by atoms with van der Waals surface area (Å²) in [6.07, 6.45) is 2.75. The van der Waals surface area contributed by atoms with Crippen molar-refractivity contribution in [3.8, 4) is 6.07 Å². The lowest BCUT2D eigenvalue weighted by atomic mass is 9.79. The Kier molecular flexibility index (Phi) is 7.95. The van der Waals surface area contributed by atoms with Crippen molar-refractivity contribution < 1.29 is 14.4 Å². The molecule has 3 fully saturated rings. The Hall–Kier alpha value is -2.67. The lowest BCUT2D eigenvalue weighted by Gasteiger charge is -2.47. The van der Waals surface area contributed by atoms with Gasteiger partial charge in [0.15, 0.2) is 0 Å². The minimum absolute atomic E-state index is 0.0200. The molecule has 1 aromatic carbocycles. The van der Waals surface area contributed by atoms with Crippen LogP contribution in [0.4, 0.5) is 0 Å². The molecule has 1 aromatic rings. The minimum Gasteiger partial charge on any atom is -0.340 e. The zero-order valence-electron chi connectivity index (χ0n) is 20.4. The lowest BCUT2D eigenvalue weighted by molar-refractivity contribution is -0.148. The average Bonchev–Trinajstić information content (AvgIpc) is 2.86. The van der Waals surface area contributed by atoms with Crippen LogP contribution < -0.4 is 5.32 Å². The van der Waals surface area contributed by atoms with Crippen molar-refractivity contribution in [1.29, 1.82) is 5.26 Å². The molecular weight excluding hydrogens is 468 g/mol. The molecule has 0 spiro atoms. The number of benzene rings is 1. The van der Waals surface area contributed by atoms with E-state index < -0.39 is 0 Å². The van der Waals surface area contributed by atoms with Gasteiger partial charge in [-0.15, -0.1) is 0 Å². The maximum atomic E-state index is 13.4. The van der Waals surface area contributed by atoms with E-state index in [1.54, 1.807) is 42.0 Å². The van der Waals surface area contributed by atoms with Gasteiger partial charge in [0.2, 0.25) is 17.7 Å². The van der Waals surface area contributed by atoms with Crippen LogP contribution in [-0.4, -0.2) is 95.8 Å². The third kappa shape index (κ3) is 5.77. The smallest absolute Gasteiger partial charge is 0.242 e. The van der Waals surface area contributed by atoms with E-state index in [0.717, 1.165) is 51.0 Å². The number of halogens is 1. The Morgan fingerprint density at radius 1 is 1.23 bits per heavy atom. The zero-order valence-corrected chi connectivity index (χ0v) is 21.1. The van der Waals surface area contributed by atoms with Gasteiger partial charge < -0.3 is 14.7 Å². The number of nitrogens with one attached hydrogen (secondary N) is 1. The summed E-state index contributed by atoms with van der Waals surface area (Å²) >= 11 is 6.00. The van der Waals surface area contributed by atoms with E-state index >= 15 is 0 Å². The van der Waals surface area contributed by atoms with Crippen LogP contribution in [0.2, 0.25) is 5.02 Å². The molecule has 188 valence electrons. The van der Waals surface area contributed by atoms with Crippen molar-refractivity contribution in [3.63, 3.8) is 0 Å². The number of rotatable bonds is 5. The second kappa shape index (κ2) is 10.9. The van der Waals surface area contributed by atoms with Gasteiger partial charge in [-0.3, -0.25) is 24.6 Å². The number of amides is 3. The molecule has 0 aromatic heterocycles. The molecule has 4 rings (SSSR count). The Morgan fingerprint density at radius 2 is 1.97 bits per heavy atom. The molecule has 2 aliphatic heterocycles. The van der Waals surface area contributed by atoms with Crippen molar-refractivity contribution in [1.82, 2.24) is 24.9 Å². The average molecular weight is 501 g/mol.